The molecule has 6 aromatic rings. The van der Waals surface area contributed by atoms with Crippen molar-refractivity contribution in [3.8, 4) is 21.6 Å². The van der Waals surface area contributed by atoms with Crippen molar-refractivity contribution >= 4 is 38.4 Å². The van der Waals surface area contributed by atoms with Gasteiger partial charge in [0.05, 0.1) is 16.6 Å². The highest BCUT2D eigenvalue weighted by atomic mass is 32.1. The zero-order valence-corrected chi connectivity index (χ0v) is 21.3. The van der Waals surface area contributed by atoms with Crippen LogP contribution in [0.2, 0.25) is 0 Å². The lowest BCUT2D eigenvalue weighted by Crippen LogP contribution is -2.05. The van der Waals surface area contributed by atoms with E-state index in [1.54, 1.807) is 12.1 Å². The minimum atomic E-state index is -0.914. The average molecular weight is 503 g/mol. The van der Waals surface area contributed by atoms with Gasteiger partial charge in [0.15, 0.2) is 0 Å². The van der Waals surface area contributed by atoms with E-state index in [4.69, 9.17) is 4.98 Å². The molecule has 0 aliphatic heterocycles. The molecule has 1 N–H and O–H groups in total. The lowest BCUT2D eigenvalue weighted by molar-refractivity contribution is 0.0697. The Bertz CT molecular complexity index is 1710. The Morgan fingerprint density at radius 3 is 2.43 bits per heavy atom. The van der Waals surface area contributed by atoms with Crippen LogP contribution in [0.3, 0.4) is 0 Å². The molecule has 0 spiro atoms. The maximum Gasteiger partial charge on any atom is 0.336 e. The van der Waals surface area contributed by atoms with E-state index in [0.29, 0.717) is 12.1 Å². The summed E-state index contributed by atoms with van der Waals surface area (Å²) in [6, 6.07) is 32.7. The number of fused-ring (bicyclic) bond motifs is 2. The van der Waals surface area contributed by atoms with E-state index < -0.39 is 5.97 Å². The molecule has 0 saturated carbocycles. The van der Waals surface area contributed by atoms with Crippen molar-refractivity contribution in [3.05, 3.63) is 114 Å². The number of thiophene rings is 1. The minimum absolute atomic E-state index is 0.315. The number of benzene rings is 4. The highest BCUT2D eigenvalue weighted by Gasteiger charge is 2.14. The number of aryl methyl sites for hydroxylation is 1. The predicted octanol–water partition coefficient (Wildman–Crippen LogP) is 8.28. The number of rotatable bonds is 7. The molecule has 4 nitrogen and oxygen atoms in total. The van der Waals surface area contributed by atoms with E-state index in [2.05, 4.69) is 72.2 Å². The number of nitrogens with zero attached hydrogens (tertiary/aromatic N) is 2. The first-order valence-electron chi connectivity index (χ1n) is 12.5. The second kappa shape index (κ2) is 9.68. The molecule has 0 aliphatic rings. The lowest BCUT2D eigenvalue weighted by atomic mass is 9.99. The van der Waals surface area contributed by atoms with Crippen LogP contribution in [0.25, 0.3) is 42.7 Å². The summed E-state index contributed by atoms with van der Waals surface area (Å²) in [6.07, 6.45) is 1.94. The molecule has 0 bridgehead atoms. The summed E-state index contributed by atoms with van der Waals surface area (Å²) in [6.45, 7) is 2.89. The zero-order valence-electron chi connectivity index (χ0n) is 20.5. The van der Waals surface area contributed by atoms with Crippen molar-refractivity contribution in [1.82, 2.24) is 9.55 Å². The Morgan fingerprint density at radius 1 is 0.892 bits per heavy atom. The van der Waals surface area contributed by atoms with Crippen LogP contribution in [-0.4, -0.2) is 20.6 Å². The van der Waals surface area contributed by atoms with Gasteiger partial charge in [0, 0.05) is 22.5 Å². The number of carbonyl (C=O) groups is 1. The smallest absolute Gasteiger partial charge is 0.336 e. The van der Waals surface area contributed by atoms with Gasteiger partial charge in [0.1, 0.15) is 5.82 Å². The van der Waals surface area contributed by atoms with Crippen LogP contribution >= 0.6 is 11.3 Å². The normalized spacial score (nSPS) is 11.4. The Balaban J connectivity index is 1.37. The summed E-state index contributed by atoms with van der Waals surface area (Å²) in [5.74, 6) is 0.175. The summed E-state index contributed by atoms with van der Waals surface area (Å²) in [5, 5.41) is 10.8. The van der Waals surface area contributed by atoms with Crippen LogP contribution in [0.15, 0.2) is 97.1 Å². The van der Waals surface area contributed by atoms with Crippen LogP contribution < -0.4 is 0 Å². The molecule has 0 unspecified atom stereocenters. The third-order valence-electron chi connectivity index (χ3n) is 6.77. The SMILES string of the molecule is CCCc1nc2ccc(-c3cc4ccccc4s3)cc2n1Cc1ccc(-c2ccccc2C(=O)O)cc1. The molecule has 182 valence electrons. The van der Waals surface area contributed by atoms with Crippen LogP contribution in [0.5, 0.6) is 0 Å². The van der Waals surface area contributed by atoms with Gasteiger partial charge < -0.3 is 9.67 Å². The van der Waals surface area contributed by atoms with Crippen molar-refractivity contribution in [2.75, 3.05) is 0 Å². The maximum atomic E-state index is 11.7. The number of carboxylic acids is 1. The Labute approximate surface area is 219 Å². The summed E-state index contributed by atoms with van der Waals surface area (Å²) in [7, 11) is 0. The summed E-state index contributed by atoms with van der Waals surface area (Å²) in [5.41, 5.74) is 6.46. The Kier molecular flexibility index (Phi) is 6.07. The van der Waals surface area contributed by atoms with Crippen molar-refractivity contribution in [2.24, 2.45) is 0 Å². The largest absolute Gasteiger partial charge is 0.478 e. The molecule has 6 rings (SSSR count). The van der Waals surface area contributed by atoms with Gasteiger partial charge in [-0.2, -0.15) is 0 Å². The molecule has 0 fully saturated rings. The minimum Gasteiger partial charge on any atom is -0.478 e. The molecule has 4 aromatic carbocycles. The second-order valence-corrected chi connectivity index (χ2v) is 10.3. The van der Waals surface area contributed by atoms with E-state index in [0.717, 1.165) is 46.4 Å². The first-order chi connectivity index (χ1) is 18.1. The predicted molar refractivity (Wildman–Crippen MR) is 152 cm³/mol. The lowest BCUT2D eigenvalue weighted by Gasteiger charge is -2.11. The number of imidazole rings is 1. The first-order valence-corrected chi connectivity index (χ1v) is 13.3. The molecular formula is C32H26N2O2S. The van der Waals surface area contributed by atoms with Crippen molar-refractivity contribution in [3.63, 3.8) is 0 Å². The van der Waals surface area contributed by atoms with Crippen molar-refractivity contribution in [1.29, 1.82) is 0 Å². The fourth-order valence-corrected chi connectivity index (χ4v) is 5.99. The molecular weight excluding hydrogens is 476 g/mol. The van der Waals surface area contributed by atoms with Crippen LogP contribution in [0, 0.1) is 0 Å². The molecule has 0 amide bonds. The fraction of sp³-hybridized carbons (Fsp3) is 0.125. The van der Waals surface area contributed by atoms with Crippen molar-refractivity contribution in [2.45, 2.75) is 26.3 Å². The highest BCUT2D eigenvalue weighted by molar-refractivity contribution is 7.22. The number of hydrogen-bond donors (Lipinski definition) is 1. The molecule has 2 heterocycles. The molecule has 5 heteroatoms. The summed E-state index contributed by atoms with van der Waals surface area (Å²) < 4.78 is 3.62. The van der Waals surface area contributed by atoms with Gasteiger partial charge >= 0.3 is 5.97 Å². The van der Waals surface area contributed by atoms with Gasteiger partial charge in [0.25, 0.3) is 0 Å². The Hall–Kier alpha value is -4.22. The van der Waals surface area contributed by atoms with E-state index in [1.807, 2.05) is 35.6 Å². The number of aromatic nitrogens is 2. The zero-order chi connectivity index (χ0) is 25.4. The second-order valence-electron chi connectivity index (χ2n) is 9.26. The van der Waals surface area contributed by atoms with Gasteiger partial charge in [-0.05, 0) is 64.4 Å². The van der Waals surface area contributed by atoms with Crippen LogP contribution in [0.1, 0.15) is 35.1 Å². The van der Waals surface area contributed by atoms with Gasteiger partial charge in [0.2, 0.25) is 0 Å². The number of aromatic carboxylic acids is 1. The monoisotopic (exact) mass is 502 g/mol. The summed E-state index contributed by atoms with van der Waals surface area (Å²) in [4.78, 5) is 17.9. The third-order valence-corrected chi connectivity index (χ3v) is 7.94. The molecule has 2 aromatic heterocycles. The van der Waals surface area contributed by atoms with E-state index >= 15 is 0 Å². The molecule has 37 heavy (non-hydrogen) atoms. The van der Waals surface area contributed by atoms with Gasteiger partial charge in [-0.15, -0.1) is 11.3 Å². The van der Waals surface area contributed by atoms with E-state index in [9.17, 15) is 9.90 Å². The first kappa shape index (κ1) is 23.2. The molecule has 0 aliphatic carbocycles. The highest BCUT2D eigenvalue weighted by Crippen LogP contribution is 2.35. The average Bonchev–Trinajstić information content (AvgIpc) is 3.50. The fourth-order valence-electron chi connectivity index (χ4n) is 4.93. The molecule has 0 saturated heterocycles. The van der Waals surface area contributed by atoms with Gasteiger partial charge in [-0.25, -0.2) is 9.78 Å². The maximum absolute atomic E-state index is 11.7. The third kappa shape index (κ3) is 4.43. The van der Waals surface area contributed by atoms with Crippen LogP contribution in [-0.2, 0) is 13.0 Å². The quantitative estimate of drug-likeness (QED) is 0.239. The van der Waals surface area contributed by atoms with Crippen molar-refractivity contribution < 1.29 is 9.90 Å². The summed E-state index contributed by atoms with van der Waals surface area (Å²) >= 11 is 1.82. The standard InChI is InChI=1S/C32H26N2O2S/c1-2-7-31-33-27-17-16-24(30-19-23-8-3-6-11-29(23)37-30)18-28(27)34(31)20-21-12-14-22(15-13-21)25-9-4-5-10-26(25)32(35)36/h3-6,8-19H,2,7,20H2,1H3,(H,35,36). The van der Waals surface area contributed by atoms with Crippen LogP contribution in [0.4, 0.5) is 0 Å². The number of carboxylic acid groups (broad SMARTS) is 1. The topological polar surface area (TPSA) is 55.1 Å². The Morgan fingerprint density at radius 2 is 1.65 bits per heavy atom. The van der Waals surface area contributed by atoms with Gasteiger partial charge in [-0.3, -0.25) is 0 Å². The van der Waals surface area contributed by atoms with E-state index in [1.165, 1.54) is 20.5 Å². The molecule has 0 radical (unpaired) electrons. The van der Waals surface area contributed by atoms with E-state index in [-0.39, 0.29) is 0 Å². The molecule has 0 atom stereocenters. The van der Waals surface area contributed by atoms with Gasteiger partial charge in [-0.1, -0.05) is 73.7 Å². The number of hydrogen-bond acceptors (Lipinski definition) is 3.